The molecule has 0 aliphatic heterocycles. The van der Waals surface area contributed by atoms with Gasteiger partial charge in [0.1, 0.15) is 11.5 Å². The number of hydrogen-bond acceptors (Lipinski definition) is 8. The zero-order valence-electron chi connectivity index (χ0n) is 19.1. The fraction of sp³-hybridized carbons (Fsp3) is 0.261. The molecule has 0 radical (unpaired) electrons. The number of amides is 1. The molecular weight excluding hydrogens is 535 g/mol. The molecule has 11 nitrogen and oxygen atoms in total. The zero-order chi connectivity index (χ0) is 25.3. The lowest BCUT2D eigenvalue weighted by atomic mass is 10.2. The van der Waals surface area contributed by atoms with Gasteiger partial charge in [-0.25, -0.2) is 19.0 Å². The Morgan fingerprint density at radius 3 is 2.78 bits per heavy atom. The summed E-state index contributed by atoms with van der Waals surface area (Å²) in [6, 6.07) is 7.75. The number of carbonyl (C=O) groups excluding carboxylic acids is 1. The predicted molar refractivity (Wildman–Crippen MR) is 134 cm³/mol. The van der Waals surface area contributed by atoms with Gasteiger partial charge in [-0.1, -0.05) is 12.8 Å². The average molecular weight is 559 g/mol. The third kappa shape index (κ3) is 6.43. The van der Waals surface area contributed by atoms with Crippen LogP contribution in [0.1, 0.15) is 41.7 Å². The summed E-state index contributed by atoms with van der Waals surface area (Å²) in [5, 5.41) is 23.2. The van der Waals surface area contributed by atoms with E-state index in [-0.39, 0.29) is 21.9 Å². The van der Waals surface area contributed by atoms with Crippen LogP contribution < -0.4 is 16.1 Å². The number of imidazole rings is 1. The van der Waals surface area contributed by atoms with E-state index in [1.165, 1.54) is 18.2 Å². The summed E-state index contributed by atoms with van der Waals surface area (Å²) in [5.74, 6) is -0.215. The summed E-state index contributed by atoms with van der Waals surface area (Å²) >= 11 is 3.10. The molecule has 4 rings (SSSR count). The molecule has 0 atom stereocenters. The molecule has 0 saturated heterocycles. The Kier molecular flexibility index (Phi) is 8.57. The smallest absolute Gasteiger partial charge is 0.252 e. The lowest BCUT2D eigenvalue weighted by Crippen LogP contribution is -2.24. The topological polar surface area (TPSA) is 142 Å². The van der Waals surface area contributed by atoms with Gasteiger partial charge >= 0.3 is 0 Å². The van der Waals surface area contributed by atoms with Crippen molar-refractivity contribution < 1.29 is 19.0 Å². The number of pyridine rings is 1. The highest BCUT2D eigenvalue weighted by Gasteiger charge is 2.16. The molecule has 0 fully saturated rings. The second-order valence-electron chi connectivity index (χ2n) is 7.84. The molecular formula is C23H24BrFN8O3. The first kappa shape index (κ1) is 25.3. The van der Waals surface area contributed by atoms with Gasteiger partial charge in [0, 0.05) is 31.7 Å². The van der Waals surface area contributed by atoms with Gasteiger partial charge in [-0.15, -0.1) is 0 Å². The van der Waals surface area contributed by atoms with Crippen LogP contribution in [0.4, 0.5) is 15.9 Å². The Bertz CT molecular complexity index is 1360. The third-order valence-electron chi connectivity index (χ3n) is 5.30. The van der Waals surface area contributed by atoms with Crippen LogP contribution in [0.5, 0.6) is 0 Å². The molecule has 188 valence electrons. The number of unbranched alkanes of at least 4 members (excludes halogenated alkanes) is 3. The first-order valence-corrected chi connectivity index (χ1v) is 12.1. The van der Waals surface area contributed by atoms with Crippen molar-refractivity contribution in [3.63, 3.8) is 0 Å². The highest BCUT2D eigenvalue weighted by Crippen LogP contribution is 2.23. The number of anilines is 1. The molecule has 3 aromatic heterocycles. The van der Waals surface area contributed by atoms with E-state index in [9.17, 15) is 14.4 Å². The Labute approximate surface area is 213 Å². The number of hydroxylamine groups is 1. The van der Waals surface area contributed by atoms with Gasteiger partial charge in [-0.2, -0.15) is 0 Å². The quantitative estimate of drug-likeness (QED) is 0.0933. The van der Waals surface area contributed by atoms with Crippen LogP contribution in [-0.4, -0.2) is 49.7 Å². The summed E-state index contributed by atoms with van der Waals surface area (Å²) in [5.41, 5.74) is 3.95. The van der Waals surface area contributed by atoms with Crippen molar-refractivity contribution >= 4 is 44.8 Å². The van der Waals surface area contributed by atoms with Crippen molar-refractivity contribution in [1.29, 1.82) is 0 Å². The van der Waals surface area contributed by atoms with Crippen molar-refractivity contribution in [2.24, 2.45) is 4.99 Å². The van der Waals surface area contributed by atoms with Gasteiger partial charge in [0.2, 0.25) is 5.82 Å². The predicted octanol–water partition coefficient (Wildman–Crippen LogP) is 4.08. The monoisotopic (exact) mass is 558 g/mol. The maximum atomic E-state index is 13.4. The van der Waals surface area contributed by atoms with E-state index < -0.39 is 5.82 Å². The summed E-state index contributed by atoms with van der Waals surface area (Å²) in [4.78, 5) is 20.7. The normalized spacial score (nSPS) is 11.6. The van der Waals surface area contributed by atoms with Crippen LogP contribution in [-0.2, 0) is 0 Å². The summed E-state index contributed by atoms with van der Waals surface area (Å²) < 4.78 is 20.3. The van der Waals surface area contributed by atoms with E-state index in [2.05, 4.69) is 46.9 Å². The van der Waals surface area contributed by atoms with Crippen LogP contribution in [0.2, 0.25) is 0 Å². The Morgan fingerprint density at radius 1 is 1.14 bits per heavy atom. The van der Waals surface area contributed by atoms with Crippen molar-refractivity contribution in [2.75, 3.05) is 18.4 Å². The van der Waals surface area contributed by atoms with Gasteiger partial charge < -0.3 is 15.0 Å². The van der Waals surface area contributed by atoms with Crippen molar-refractivity contribution in [3.05, 3.63) is 70.5 Å². The molecule has 0 aliphatic rings. The molecule has 0 saturated carbocycles. The van der Waals surface area contributed by atoms with Crippen molar-refractivity contribution in [3.8, 4) is 0 Å². The number of rotatable bonds is 11. The minimum absolute atomic E-state index is 0.000174. The molecule has 3 heterocycles. The van der Waals surface area contributed by atoms with Gasteiger partial charge in [0.25, 0.3) is 5.91 Å². The van der Waals surface area contributed by atoms with Gasteiger partial charge in [0.05, 0.1) is 15.7 Å². The Hall–Kier alpha value is -3.84. The molecule has 36 heavy (non-hydrogen) atoms. The van der Waals surface area contributed by atoms with Gasteiger partial charge in [-0.3, -0.25) is 15.5 Å². The number of hydrogen-bond donors (Lipinski definition) is 4. The highest BCUT2D eigenvalue weighted by atomic mass is 79.9. The lowest BCUT2D eigenvalue weighted by molar-refractivity contribution is 0.0952. The van der Waals surface area contributed by atoms with Crippen LogP contribution in [0.25, 0.3) is 5.65 Å². The van der Waals surface area contributed by atoms with Crippen LogP contribution >= 0.6 is 15.9 Å². The van der Waals surface area contributed by atoms with Gasteiger partial charge in [0.15, 0.2) is 11.5 Å². The minimum atomic E-state index is -0.423. The highest BCUT2D eigenvalue weighted by molar-refractivity contribution is 9.10. The number of aliphatic imine (C=N–C) groups is 1. The van der Waals surface area contributed by atoms with E-state index in [1.807, 2.05) is 15.9 Å². The second-order valence-corrected chi connectivity index (χ2v) is 8.69. The van der Waals surface area contributed by atoms with Crippen LogP contribution in [0.15, 0.2) is 63.0 Å². The van der Waals surface area contributed by atoms with Gasteiger partial charge in [-0.05, 0) is 69.4 Å². The molecule has 0 bridgehead atoms. The number of nitrogens with zero attached hydrogens (tertiary/aromatic N) is 5. The lowest BCUT2D eigenvalue weighted by Gasteiger charge is -2.07. The fourth-order valence-corrected chi connectivity index (χ4v) is 3.81. The summed E-state index contributed by atoms with van der Waals surface area (Å²) in [6.07, 6.45) is 8.84. The Balaban J connectivity index is 1.17. The minimum Gasteiger partial charge on any atom is -0.365 e. The third-order valence-corrected chi connectivity index (χ3v) is 5.90. The zero-order valence-corrected chi connectivity index (χ0v) is 20.7. The van der Waals surface area contributed by atoms with Crippen LogP contribution in [0.3, 0.4) is 0 Å². The first-order valence-electron chi connectivity index (χ1n) is 11.3. The molecule has 1 aromatic carbocycles. The number of halogens is 2. The maximum absolute atomic E-state index is 13.4. The fourth-order valence-electron chi connectivity index (χ4n) is 3.44. The van der Waals surface area contributed by atoms with Crippen molar-refractivity contribution in [2.45, 2.75) is 25.7 Å². The summed E-state index contributed by atoms with van der Waals surface area (Å²) in [6.45, 7) is 1.19. The molecule has 0 spiro atoms. The van der Waals surface area contributed by atoms with Crippen molar-refractivity contribution in [1.82, 2.24) is 30.5 Å². The number of amidine groups is 1. The van der Waals surface area contributed by atoms with E-state index in [0.717, 1.165) is 31.3 Å². The molecule has 0 aliphatic carbocycles. The van der Waals surface area contributed by atoms with E-state index in [1.54, 1.807) is 24.7 Å². The SMILES string of the molecule is O=C(NCCCCCCNc1nonc1C(=Nc1ccc(F)c(Br)c1)NO)c1ccc2nccn2c1. The maximum Gasteiger partial charge on any atom is 0.252 e. The van der Waals surface area contributed by atoms with E-state index >= 15 is 0 Å². The number of aromatic nitrogens is 4. The number of carbonyl (C=O) groups is 1. The number of benzene rings is 1. The Morgan fingerprint density at radius 2 is 1.97 bits per heavy atom. The van der Waals surface area contributed by atoms with Crippen LogP contribution in [0, 0.1) is 5.82 Å². The summed E-state index contributed by atoms with van der Waals surface area (Å²) in [7, 11) is 0. The number of fused-ring (bicyclic) bond motifs is 1. The second kappa shape index (κ2) is 12.2. The standard InChI is InChI=1S/C23H24BrFN8O3/c24-17-13-16(6-7-18(17)25)29-22(30-35)20-21(32-36-31-20)27-9-3-1-2-4-10-28-23(34)15-5-8-19-26-11-12-33(19)14-15/h5-8,11-14,35H,1-4,9-10H2,(H,27,32)(H,28,34)(H,29,30). The van der Waals surface area contributed by atoms with E-state index in [4.69, 9.17) is 4.63 Å². The molecule has 4 N–H and O–H groups in total. The average Bonchev–Trinajstić information content (AvgIpc) is 3.55. The molecule has 0 unspecified atom stereocenters. The molecule has 1 amide bonds. The molecule has 4 aromatic rings. The largest absolute Gasteiger partial charge is 0.365 e. The first-order chi connectivity index (χ1) is 17.5. The number of nitrogens with one attached hydrogen (secondary N) is 3. The van der Waals surface area contributed by atoms with E-state index in [0.29, 0.717) is 30.2 Å². The molecule has 13 heteroatoms.